The maximum Gasteiger partial charge on any atom is 0.294 e. The summed E-state index contributed by atoms with van der Waals surface area (Å²) in [5.41, 5.74) is 1.12. The Hall–Kier alpha value is -2.84. The van der Waals surface area contributed by atoms with Crippen molar-refractivity contribution in [2.45, 2.75) is 23.8 Å². The van der Waals surface area contributed by atoms with E-state index in [0.29, 0.717) is 41.9 Å². The summed E-state index contributed by atoms with van der Waals surface area (Å²) in [6, 6.07) is 10.7. The molecule has 1 aliphatic rings. The second-order valence-corrected chi connectivity index (χ2v) is 7.68. The fourth-order valence-corrected chi connectivity index (χ4v) is 3.50. The maximum absolute atomic E-state index is 11.9. The zero-order valence-corrected chi connectivity index (χ0v) is 14.9. The molecule has 0 radical (unpaired) electrons. The Morgan fingerprint density at radius 1 is 1.07 bits per heavy atom. The Morgan fingerprint density at radius 2 is 1.85 bits per heavy atom. The lowest BCUT2D eigenvalue weighted by atomic mass is 10.1. The number of hydrogen-bond acceptors (Lipinski definition) is 6. The summed E-state index contributed by atoms with van der Waals surface area (Å²) in [5, 5.41) is 0.432. The molecule has 0 aliphatic carbocycles. The van der Waals surface area contributed by atoms with Crippen molar-refractivity contribution >= 4 is 21.1 Å². The fourth-order valence-electron chi connectivity index (χ4n) is 3.02. The molecular weight excluding hydrogens is 372 g/mol. The first-order valence-corrected chi connectivity index (χ1v) is 9.76. The van der Waals surface area contributed by atoms with Crippen molar-refractivity contribution in [3.63, 3.8) is 0 Å². The molecule has 1 aliphatic heterocycles. The summed E-state index contributed by atoms with van der Waals surface area (Å²) >= 11 is 0. The van der Waals surface area contributed by atoms with Crippen molar-refractivity contribution < 1.29 is 26.9 Å². The van der Waals surface area contributed by atoms with Gasteiger partial charge in [0.05, 0.1) is 16.5 Å². The Balaban J connectivity index is 1.50. The van der Waals surface area contributed by atoms with E-state index in [1.165, 1.54) is 24.5 Å². The Morgan fingerprint density at radius 3 is 2.59 bits per heavy atom. The van der Waals surface area contributed by atoms with E-state index < -0.39 is 10.1 Å². The molecule has 2 heterocycles. The van der Waals surface area contributed by atoms with Gasteiger partial charge in [0.25, 0.3) is 10.1 Å². The van der Waals surface area contributed by atoms with Crippen molar-refractivity contribution in [3.05, 3.63) is 64.5 Å². The number of rotatable bonds is 4. The van der Waals surface area contributed by atoms with E-state index >= 15 is 0 Å². The summed E-state index contributed by atoms with van der Waals surface area (Å²) in [4.78, 5) is 11.8. The van der Waals surface area contributed by atoms with Gasteiger partial charge in [-0.05, 0) is 42.7 Å². The van der Waals surface area contributed by atoms with E-state index in [0.717, 1.165) is 5.56 Å². The van der Waals surface area contributed by atoms with Crippen molar-refractivity contribution in [1.82, 2.24) is 0 Å². The van der Waals surface area contributed by atoms with Gasteiger partial charge in [-0.3, -0.25) is 9.35 Å². The molecule has 140 valence electrons. The number of ether oxygens (including phenoxy) is 2. The molecule has 1 unspecified atom stereocenters. The molecule has 0 fully saturated rings. The van der Waals surface area contributed by atoms with Gasteiger partial charge in [0.15, 0.2) is 16.8 Å². The summed E-state index contributed by atoms with van der Waals surface area (Å²) in [7, 11) is -4.19. The summed E-state index contributed by atoms with van der Waals surface area (Å²) in [5.74, 6) is 0.953. The molecule has 1 N–H and O–H groups in total. The summed E-state index contributed by atoms with van der Waals surface area (Å²) in [6.45, 7) is 0.360. The molecule has 27 heavy (non-hydrogen) atoms. The monoisotopic (exact) mass is 388 g/mol. The van der Waals surface area contributed by atoms with Gasteiger partial charge in [-0.2, -0.15) is 8.42 Å². The molecule has 0 amide bonds. The molecular formula is C19H16O7S. The Kier molecular flexibility index (Phi) is 4.37. The van der Waals surface area contributed by atoms with Gasteiger partial charge >= 0.3 is 0 Å². The zero-order valence-electron chi connectivity index (χ0n) is 14.1. The molecule has 7 nitrogen and oxygen atoms in total. The molecule has 0 saturated heterocycles. The van der Waals surface area contributed by atoms with Crippen LogP contribution in [0, 0.1) is 0 Å². The second kappa shape index (κ2) is 6.71. The minimum absolute atomic E-state index is 0.140. The molecule has 3 aromatic rings. The fraction of sp³-hybridized carbons (Fsp3) is 0.211. The zero-order chi connectivity index (χ0) is 19.0. The van der Waals surface area contributed by atoms with Gasteiger partial charge in [-0.1, -0.05) is 12.1 Å². The van der Waals surface area contributed by atoms with Gasteiger partial charge in [-0.25, -0.2) is 0 Å². The smallest absolute Gasteiger partial charge is 0.294 e. The van der Waals surface area contributed by atoms with E-state index in [2.05, 4.69) is 0 Å². The van der Waals surface area contributed by atoms with Crippen LogP contribution in [0.5, 0.6) is 11.5 Å². The molecule has 8 heteroatoms. The van der Waals surface area contributed by atoms with Crippen LogP contribution in [0.15, 0.2) is 62.8 Å². The third kappa shape index (κ3) is 3.54. The van der Waals surface area contributed by atoms with Crippen LogP contribution in [-0.2, 0) is 16.5 Å². The SMILES string of the molecule is O=c1ccoc2c3c(ccc12)OCC(CCc1ccc(S(=O)(=O)O)cc1)O3. The molecule has 0 bridgehead atoms. The van der Waals surface area contributed by atoms with E-state index in [4.69, 9.17) is 18.4 Å². The van der Waals surface area contributed by atoms with Crippen LogP contribution in [0.25, 0.3) is 11.0 Å². The standard InChI is InChI=1S/C19H16O7S/c20-16-9-10-24-18-15(16)7-8-17-19(18)26-13(11-25-17)4-1-12-2-5-14(6-3-12)27(21,22)23/h2-3,5-10,13H,1,4,11H2,(H,21,22,23). The molecule has 0 spiro atoms. The lowest BCUT2D eigenvalue weighted by Crippen LogP contribution is -2.29. The van der Waals surface area contributed by atoms with Crippen LogP contribution in [0.3, 0.4) is 0 Å². The van der Waals surface area contributed by atoms with Gasteiger partial charge in [0.2, 0.25) is 5.75 Å². The van der Waals surface area contributed by atoms with Crippen molar-refractivity contribution in [2.24, 2.45) is 0 Å². The number of fused-ring (bicyclic) bond motifs is 3. The molecule has 1 atom stereocenters. The highest BCUT2D eigenvalue weighted by Gasteiger charge is 2.24. The first kappa shape index (κ1) is 17.6. The largest absolute Gasteiger partial charge is 0.486 e. The van der Waals surface area contributed by atoms with Crippen LogP contribution in [-0.4, -0.2) is 25.7 Å². The Labute approximate surface area is 154 Å². The average molecular weight is 388 g/mol. The number of benzene rings is 2. The highest BCUT2D eigenvalue weighted by Crippen LogP contribution is 2.38. The van der Waals surface area contributed by atoms with Gasteiger partial charge in [0, 0.05) is 6.07 Å². The van der Waals surface area contributed by atoms with Crippen molar-refractivity contribution in [1.29, 1.82) is 0 Å². The summed E-state index contributed by atoms with van der Waals surface area (Å²) < 4.78 is 48.4. The number of aryl methyl sites for hydroxylation is 1. The highest BCUT2D eigenvalue weighted by molar-refractivity contribution is 7.85. The summed E-state index contributed by atoms with van der Waals surface area (Å²) in [6.07, 6.45) is 2.34. The topological polar surface area (TPSA) is 103 Å². The quantitative estimate of drug-likeness (QED) is 0.686. The minimum Gasteiger partial charge on any atom is -0.486 e. The van der Waals surface area contributed by atoms with E-state index in [1.807, 2.05) is 0 Å². The minimum atomic E-state index is -4.19. The van der Waals surface area contributed by atoms with Crippen LogP contribution < -0.4 is 14.9 Å². The third-order valence-electron chi connectivity index (χ3n) is 4.43. The van der Waals surface area contributed by atoms with E-state index in [9.17, 15) is 13.2 Å². The Bertz CT molecular complexity index is 1150. The van der Waals surface area contributed by atoms with Gasteiger partial charge in [-0.15, -0.1) is 0 Å². The predicted octanol–water partition coefficient (Wildman–Crippen LogP) is 2.81. The number of hydrogen-bond donors (Lipinski definition) is 1. The predicted molar refractivity (Wildman–Crippen MR) is 97.0 cm³/mol. The van der Waals surface area contributed by atoms with Gasteiger partial charge < -0.3 is 13.9 Å². The molecule has 1 aromatic heterocycles. The molecule has 4 rings (SSSR count). The normalized spacial score (nSPS) is 16.4. The van der Waals surface area contributed by atoms with Crippen molar-refractivity contribution in [2.75, 3.05) is 6.61 Å². The third-order valence-corrected chi connectivity index (χ3v) is 5.30. The van der Waals surface area contributed by atoms with Crippen molar-refractivity contribution in [3.8, 4) is 11.5 Å². The van der Waals surface area contributed by atoms with E-state index in [1.54, 1.807) is 24.3 Å². The molecule has 2 aromatic carbocycles. The van der Waals surface area contributed by atoms with E-state index in [-0.39, 0.29) is 16.4 Å². The first-order valence-electron chi connectivity index (χ1n) is 8.32. The lowest BCUT2D eigenvalue weighted by Gasteiger charge is -2.26. The lowest BCUT2D eigenvalue weighted by molar-refractivity contribution is 0.0857. The van der Waals surface area contributed by atoms with Crippen LogP contribution in [0.1, 0.15) is 12.0 Å². The first-order chi connectivity index (χ1) is 12.9. The maximum atomic E-state index is 11.9. The second-order valence-electron chi connectivity index (χ2n) is 6.26. The van der Waals surface area contributed by atoms with Gasteiger partial charge in [0.1, 0.15) is 12.7 Å². The van der Waals surface area contributed by atoms with Crippen LogP contribution >= 0.6 is 0 Å². The highest BCUT2D eigenvalue weighted by atomic mass is 32.2. The molecule has 0 saturated carbocycles. The average Bonchev–Trinajstić information content (AvgIpc) is 2.66. The van der Waals surface area contributed by atoms with Crippen LogP contribution in [0.4, 0.5) is 0 Å². The van der Waals surface area contributed by atoms with Crippen LogP contribution in [0.2, 0.25) is 0 Å².